The second kappa shape index (κ2) is 16.8. The number of ether oxygens (including phenoxy) is 3. The summed E-state index contributed by atoms with van der Waals surface area (Å²) >= 11 is 6.23. The molecule has 0 radical (unpaired) electrons. The van der Waals surface area contributed by atoms with Crippen LogP contribution in [-0.4, -0.2) is 93.2 Å². The van der Waals surface area contributed by atoms with Gasteiger partial charge in [-0.3, -0.25) is 19.8 Å². The lowest BCUT2D eigenvalue weighted by Gasteiger charge is -2.39. The monoisotopic (exact) mass is 855 g/mol. The van der Waals surface area contributed by atoms with Crippen LogP contribution in [0.5, 0.6) is 17.2 Å². The summed E-state index contributed by atoms with van der Waals surface area (Å²) in [6.45, 7) is 8.88. The summed E-state index contributed by atoms with van der Waals surface area (Å²) in [7, 11) is -3.16. The maximum atomic E-state index is 13.9. The van der Waals surface area contributed by atoms with Gasteiger partial charge in [-0.1, -0.05) is 43.2 Å². The van der Waals surface area contributed by atoms with Gasteiger partial charge in [0.25, 0.3) is 21.6 Å². The number of pyridine rings is 1. The van der Waals surface area contributed by atoms with Gasteiger partial charge in [0.05, 0.1) is 34.2 Å². The number of allylic oxidation sites excluding steroid dienone is 1. The molecule has 2 aromatic heterocycles. The summed E-state index contributed by atoms with van der Waals surface area (Å²) in [4.78, 5) is 36.9. The average molecular weight is 856 g/mol. The van der Waals surface area contributed by atoms with Gasteiger partial charge >= 0.3 is 0 Å². The highest BCUT2D eigenvalue weighted by atomic mass is 35.5. The molecule has 2 aliphatic heterocycles. The number of hydrogen-bond donors (Lipinski definition) is 3. The fourth-order valence-corrected chi connectivity index (χ4v) is 9.20. The second-order valence-corrected chi connectivity index (χ2v) is 18.3. The third kappa shape index (κ3) is 8.92. The summed E-state index contributed by atoms with van der Waals surface area (Å²) in [6.07, 6.45) is 6.44. The average Bonchev–Trinajstić information content (AvgIpc) is 3.70. The van der Waals surface area contributed by atoms with Crippen LogP contribution in [0, 0.1) is 15.5 Å². The number of rotatable bonds is 12. The molecule has 17 heteroatoms. The fraction of sp³-hybridized carbons (Fsp3) is 0.349. The number of H-pyrrole nitrogens is 1. The first kappa shape index (κ1) is 41.1. The maximum absolute atomic E-state index is 13.9. The Morgan fingerprint density at radius 2 is 1.87 bits per heavy atom. The zero-order valence-electron chi connectivity index (χ0n) is 33.5. The minimum absolute atomic E-state index is 0.0245. The van der Waals surface area contributed by atoms with Crippen LogP contribution >= 0.6 is 11.6 Å². The highest BCUT2D eigenvalue weighted by Crippen LogP contribution is 2.44. The number of nitrogens with zero attached hydrogens (tertiary/aromatic N) is 4. The molecule has 314 valence electrons. The minimum Gasteiger partial charge on any atom is -0.489 e. The third-order valence-electron chi connectivity index (χ3n) is 11.3. The molecule has 3 aliphatic rings. The van der Waals surface area contributed by atoms with Gasteiger partial charge in [-0.05, 0) is 72.2 Å². The molecular weight excluding hydrogens is 810 g/mol. The number of carbonyl (C=O) groups is 1. The van der Waals surface area contributed by atoms with Gasteiger partial charge in [0, 0.05) is 80.3 Å². The lowest BCUT2D eigenvalue weighted by Crippen LogP contribution is -2.47. The van der Waals surface area contributed by atoms with Gasteiger partial charge in [-0.2, -0.15) is 0 Å². The number of anilines is 2. The molecule has 5 aromatic rings. The Morgan fingerprint density at radius 3 is 2.62 bits per heavy atom. The number of methoxy groups -OCH3 is 1. The van der Waals surface area contributed by atoms with E-state index in [2.05, 4.69) is 55.8 Å². The van der Waals surface area contributed by atoms with Crippen molar-refractivity contribution in [2.45, 2.75) is 44.0 Å². The van der Waals surface area contributed by atoms with Gasteiger partial charge in [-0.25, -0.2) is 18.1 Å². The number of aromatic amines is 1. The molecule has 0 spiro atoms. The Balaban J connectivity index is 1.03. The summed E-state index contributed by atoms with van der Waals surface area (Å²) in [6, 6.07) is 18.4. The van der Waals surface area contributed by atoms with Crippen molar-refractivity contribution in [1.82, 2.24) is 19.6 Å². The van der Waals surface area contributed by atoms with Crippen LogP contribution in [0.3, 0.4) is 0 Å². The van der Waals surface area contributed by atoms with E-state index in [0.717, 1.165) is 67.1 Å². The SMILES string of the molecule is COC[C@H]1COc2cc(S(=O)(=O)NC(=O)c3ccc(N4CCN(CC5=C(c6ccc(Cl)cc6)CC(C)(C)CC5)CC4)cc3Oc3cnc4[nH]ccc4c3)cc([N+](=O)[O-])c2N1. The van der Waals surface area contributed by atoms with Crippen molar-refractivity contribution >= 4 is 61.2 Å². The summed E-state index contributed by atoms with van der Waals surface area (Å²) in [5.41, 5.74) is 5.19. The lowest BCUT2D eigenvalue weighted by molar-refractivity contribution is -0.384. The Labute approximate surface area is 352 Å². The highest BCUT2D eigenvalue weighted by Gasteiger charge is 2.33. The van der Waals surface area contributed by atoms with Gasteiger partial charge in [0.2, 0.25) is 0 Å². The van der Waals surface area contributed by atoms with Crippen LogP contribution in [0.2, 0.25) is 5.02 Å². The molecule has 8 rings (SSSR count). The highest BCUT2D eigenvalue weighted by molar-refractivity contribution is 7.90. The summed E-state index contributed by atoms with van der Waals surface area (Å²) < 4.78 is 46.7. The van der Waals surface area contributed by atoms with Gasteiger partial charge in [0.1, 0.15) is 23.8 Å². The van der Waals surface area contributed by atoms with Crippen molar-refractivity contribution in [3.8, 4) is 17.2 Å². The number of piperazine rings is 1. The van der Waals surface area contributed by atoms with E-state index in [1.807, 2.05) is 18.2 Å². The molecule has 1 atom stereocenters. The van der Waals surface area contributed by atoms with Crippen LogP contribution in [0.15, 0.2) is 89.6 Å². The van der Waals surface area contributed by atoms with Crippen LogP contribution in [0.25, 0.3) is 16.6 Å². The van der Waals surface area contributed by atoms with Crippen molar-refractivity contribution in [2.75, 3.05) is 63.3 Å². The number of halogens is 1. The first-order chi connectivity index (χ1) is 28.7. The number of carbonyl (C=O) groups excluding carboxylic acids is 1. The Hall–Kier alpha value is -5.68. The molecule has 1 amide bonds. The van der Waals surface area contributed by atoms with E-state index in [0.29, 0.717) is 24.5 Å². The molecule has 1 saturated heterocycles. The topological polar surface area (TPSA) is 181 Å². The molecule has 3 N–H and O–H groups in total. The first-order valence-corrected chi connectivity index (χ1v) is 21.6. The van der Waals surface area contributed by atoms with Crippen molar-refractivity contribution in [3.63, 3.8) is 0 Å². The number of sulfonamides is 1. The van der Waals surface area contributed by atoms with Crippen molar-refractivity contribution in [3.05, 3.63) is 111 Å². The van der Waals surface area contributed by atoms with Crippen molar-refractivity contribution < 1.29 is 32.3 Å². The number of hydrogen-bond acceptors (Lipinski definition) is 12. The number of nitrogens with one attached hydrogen (secondary N) is 3. The summed E-state index contributed by atoms with van der Waals surface area (Å²) in [5, 5.41) is 16.6. The van der Waals surface area contributed by atoms with E-state index in [-0.39, 0.29) is 47.4 Å². The molecule has 60 heavy (non-hydrogen) atoms. The number of amides is 1. The number of aromatic nitrogens is 2. The van der Waals surface area contributed by atoms with Crippen LogP contribution < -0.4 is 24.4 Å². The van der Waals surface area contributed by atoms with E-state index in [1.165, 1.54) is 36.1 Å². The first-order valence-electron chi connectivity index (χ1n) is 19.7. The van der Waals surface area contributed by atoms with Gasteiger partial charge in [-0.15, -0.1) is 0 Å². The van der Waals surface area contributed by atoms with E-state index in [1.54, 1.807) is 24.4 Å². The van der Waals surface area contributed by atoms with Gasteiger partial charge in [0.15, 0.2) is 11.4 Å². The quantitative estimate of drug-likeness (QED) is 0.0826. The predicted octanol–water partition coefficient (Wildman–Crippen LogP) is 7.64. The molecule has 0 bridgehead atoms. The van der Waals surface area contributed by atoms with E-state index < -0.39 is 31.4 Å². The standard InChI is InChI=1S/C43H46ClN7O8S/c1-43(2)12-10-29(36(22-43)27-4-6-30(44)7-5-27)24-49-14-16-50(17-15-49)32-8-9-35(38(19-32)59-33-18-28-11-13-45-41(28)46-23-33)42(52)48-60(55,56)34-20-37(51(53)54)40-39(21-34)58-26-31(47-40)25-57-3/h4-9,11,13,18-21,23,31,47H,10,12,14-17,22,24-26H2,1-3H3,(H,45,46)(H,48,52)/t31-/m0/s1. The molecule has 0 unspecified atom stereocenters. The molecule has 15 nitrogen and oxygen atoms in total. The molecule has 3 aromatic carbocycles. The molecule has 1 fully saturated rings. The minimum atomic E-state index is -4.65. The predicted molar refractivity (Wildman–Crippen MR) is 230 cm³/mol. The van der Waals surface area contributed by atoms with Crippen LogP contribution in [0.4, 0.5) is 17.1 Å². The summed E-state index contributed by atoms with van der Waals surface area (Å²) in [5.74, 6) is -0.581. The maximum Gasteiger partial charge on any atom is 0.297 e. The van der Waals surface area contributed by atoms with Gasteiger partial charge < -0.3 is 29.4 Å². The lowest BCUT2D eigenvalue weighted by atomic mass is 9.72. The Bertz CT molecular complexity index is 2590. The van der Waals surface area contributed by atoms with Crippen LogP contribution in [0.1, 0.15) is 49.0 Å². The van der Waals surface area contributed by atoms with Crippen molar-refractivity contribution in [2.24, 2.45) is 5.41 Å². The molecule has 4 heterocycles. The van der Waals surface area contributed by atoms with Crippen molar-refractivity contribution in [1.29, 1.82) is 0 Å². The normalized spacial score (nSPS) is 18.1. The molecular formula is C43H46ClN7O8S. The Kier molecular flexibility index (Phi) is 11.5. The zero-order chi connectivity index (χ0) is 42.2. The smallest absolute Gasteiger partial charge is 0.297 e. The number of fused-ring (bicyclic) bond motifs is 2. The van der Waals surface area contributed by atoms with Crippen LogP contribution in [-0.2, 0) is 14.8 Å². The van der Waals surface area contributed by atoms with E-state index in [9.17, 15) is 23.3 Å². The largest absolute Gasteiger partial charge is 0.489 e. The molecule has 1 aliphatic carbocycles. The van der Waals surface area contributed by atoms with E-state index in [4.69, 9.17) is 25.8 Å². The fourth-order valence-electron chi connectivity index (χ4n) is 8.08. The second-order valence-electron chi connectivity index (χ2n) is 16.2. The Morgan fingerprint density at radius 1 is 1.08 bits per heavy atom. The number of nitro benzene ring substituents is 1. The number of benzene rings is 3. The van der Waals surface area contributed by atoms with E-state index >= 15 is 0 Å². The number of nitro groups is 1. The molecule has 0 saturated carbocycles. The third-order valence-corrected chi connectivity index (χ3v) is 12.9. The zero-order valence-corrected chi connectivity index (χ0v) is 35.1.